The minimum atomic E-state index is 0.0205. The summed E-state index contributed by atoms with van der Waals surface area (Å²) in [4.78, 5) is 17.7. The zero-order valence-electron chi connectivity index (χ0n) is 12.7. The van der Waals surface area contributed by atoms with Crippen LogP contribution in [0.25, 0.3) is 10.9 Å². The lowest BCUT2D eigenvalue weighted by atomic mass is 9.76. The molecule has 114 valence electrons. The molecule has 2 aromatic rings. The monoisotopic (exact) mass is 296 g/mol. The van der Waals surface area contributed by atoms with Gasteiger partial charge in [-0.2, -0.15) is 0 Å². The molecule has 2 N–H and O–H groups in total. The van der Waals surface area contributed by atoms with Gasteiger partial charge in [0.05, 0.1) is 6.61 Å². The fourth-order valence-corrected chi connectivity index (χ4v) is 4.01. The van der Waals surface area contributed by atoms with Crippen molar-refractivity contribution in [1.29, 1.82) is 0 Å². The van der Waals surface area contributed by atoms with Crippen LogP contribution in [-0.2, 0) is 11.2 Å². The molecule has 2 aliphatic rings. The summed E-state index contributed by atoms with van der Waals surface area (Å²) in [5, 5.41) is 10.9. The lowest BCUT2D eigenvalue weighted by Crippen LogP contribution is -2.49. The Morgan fingerprint density at radius 3 is 3.09 bits per heavy atom. The third-order valence-corrected chi connectivity index (χ3v) is 5.04. The number of nitrogens with one attached hydrogen (secondary N) is 1. The zero-order valence-corrected chi connectivity index (χ0v) is 12.7. The third-order valence-electron chi connectivity index (χ3n) is 5.04. The van der Waals surface area contributed by atoms with Gasteiger partial charge in [0.2, 0.25) is 5.91 Å². The first-order chi connectivity index (χ1) is 10.7. The number of aromatic amines is 1. The SMILES string of the molecule is CCC(=O)N1CC(CO)=C[C@@H]2c3cccc4[nH]cc(c34)C[C@H]21. The van der Waals surface area contributed by atoms with Crippen LogP contribution in [0.5, 0.6) is 0 Å². The second kappa shape index (κ2) is 4.99. The average molecular weight is 296 g/mol. The van der Waals surface area contributed by atoms with Gasteiger partial charge in [0.1, 0.15) is 0 Å². The third kappa shape index (κ3) is 1.83. The fraction of sp³-hybridized carbons (Fsp3) is 0.389. The molecule has 0 unspecified atom stereocenters. The highest BCUT2D eigenvalue weighted by molar-refractivity contribution is 5.89. The summed E-state index contributed by atoms with van der Waals surface area (Å²) in [6.07, 6.45) is 5.63. The molecule has 0 saturated carbocycles. The van der Waals surface area contributed by atoms with Crippen molar-refractivity contribution in [3.8, 4) is 0 Å². The Bertz CT molecular complexity index is 774. The molecule has 0 radical (unpaired) electrons. The fourth-order valence-electron chi connectivity index (χ4n) is 4.01. The molecular weight excluding hydrogens is 276 g/mol. The van der Waals surface area contributed by atoms with Crippen LogP contribution in [0.1, 0.15) is 30.4 Å². The first-order valence-corrected chi connectivity index (χ1v) is 7.91. The molecule has 4 heteroatoms. The van der Waals surface area contributed by atoms with E-state index in [1.54, 1.807) is 0 Å². The number of aliphatic hydroxyl groups is 1. The molecule has 2 atom stereocenters. The van der Waals surface area contributed by atoms with E-state index >= 15 is 0 Å². The Balaban J connectivity index is 1.88. The van der Waals surface area contributed by atoms with Gasteiger partial charge in [-0.3, -0.25) is 4.79 Å². The highest BCUT2D eigenvalue weighted by Crippen LogP contribution is 2.42. The van der Waals surface area contributed by atoms with Crippen LogP contribution >= 0.6 is 0 Å². The Labute approximate surface area is 129 Å². The van der Waals surface area contributed by atoms with E-state index in [1.807, 2.05) is 11.8 Å². The average Bonchev–Trinajstić information content (AvgIpc) is 2.98. The second-order valence-corrected chi connectivity index (χ2v) is 6.24. The number of carbonyl (C=O) groups excluding carboxylic acids is 1. The molecular formula is C18H20N2O2. The van der Waals surface area contributed by atoms with Gasteiger partial charge in [-0.15, -0.1) is 0 Å². The number of hydrogen-bond acceptors (Lipinski definition) is 2. The molecule has 0 spiro atoms. The van der Waals surface area contributed by atoms with E-state index in [4.69, 9.17) is 0 Å². The number of rotatable bonds is 2. The van der Waals surface area contributed by atoms with Gasteiger partial charge in [-0.25, -0.2) is 0 Å². The summed E-state index contributed by atoms with van der Waals surface area (Å²) < 4.78 is 0. The van der Waals surface area contributed by atoms with E-state index in [-0.39, 0.29) is 24.5 Å². The Hall–Kier alpha value is -2.07. The van der Waals surface area contributed by atoms with Crippen molar-refractivity contribution in [3.63, 3.8) is 0 Å². The van der Waals surface area contributed by atoms with Gasteiger partial charge in [-0.05, 0) is 29.2 Å². The normalized spacial score (nSPS) is 23.4. The molecule has 1 aliphatic heterocycles. The number of aromatic nitrogens is 1. The van der Waals surface area contributed by atoms with Gasteiger partial charge in [0.15, 0.2) is 0 Å². The number of hydrogen-bond donors (Lipinski definition) is 2. The molecule has 1 aromatic heterocycles. The Morgan fingerprint density at radius 2 is 2.32 bits per heavy atom. The van der Waals surface area contributed by atoms with Crippen molar-refractivity contribution >= 4 is 16.8 Å². The smallest absolute Gasteiger partial charge is 0.222 e. The van der Waals surface area contributed by atoms with Crippen LogP contribution in [0.15, 0.2) is 36.0 Å². The molecule has 0 saturated heterocycles. The van der Waals surface area contributed by atoms with Gasteiger partial charge < -0.3 is 15.0 Å². The Kier molecular flexibility index (Phi) is 3.08. The van der Waals surface area contributed by atoms with Crippen LogP contribution in [0.4, 0.5) is 0 Å². The van der Waals surface area contributed by atoms with Crippen LogP contribution in [0.2, 0.25) is 0 Å². The van der Waals surface area contributed by atoms with E-state index in [1.165, 1.54) is 16.5 Å². The van der Waals surface area contributed by atoms with Gasteiger partial charge >= 0.3 is 0 Å². The quantitative estimate of drug-likeness (QED) is 0.836. The number of nitrogens with zero attached hydrogens (tertiary/aromatic N) is 1. The summed E-state index contributed by atoms with van der Waals surface area (Å²) >= 11 is 0. The van der Waals surface area contributed by atoms with E-state index in [0.717, 1.165) is 17.5 Å². The molecule has 1 aromatic carbocycles. The maximum absolute atomic E-state index is 12.4. The number of aliphatic hydroxyl groups excluding tert-OH is 1. The van der Waals surface area contributed by atoms with E-state index < -0.39 is 0 Å². The lowest BCUT2D eigenvalue weighted by molar-refractivity contribution is -0.133. The molecule has 2 heterocycles. The highest BCUT2D eigenvalue weighted by atomic mass is 16.3. The summed E-state index contributed by atoms with van der Waals surface area (Å²) in [7, 11) is 0. The van der Waals surface area contributed by atoms with Crippen LogP contribution in [0.3, 0.4) is 0 Å². The number of carbonyl (C=O) groups is 1. The topological polar surface area (TPSA) is 56.3 Å². The lowest BCUT2D eigenvalue weighted by Gasteiger charge is -2.43. The number of H-pyrrole nitrogens is 1. The van der Waals surface area contributed by atoms with E-state index in [0.29, 0.717) is 13.0 Å². The highest BCUT2D eigenvalue weighted by Gasteiger charge is 2.38. The van der Waals surface area contributed by atoms with E-state index in [2.05, 4.69) is 35.5 Å². The summed E-state index contributed by atoms with van der Waals surface area (Å²) in [5.74, 6) is 0.346. The summed E-state index contributed by atoms with van der Waals surface area (Å²) in [5.41, 5.74) is 4.66. The van der Waals surface area contributed by atoms with Crippen molar-refractivity contribution in [3.05, 3.63) is 47.2 Å². The maximum atomic E-state index is 12.4. The molecule has 1 aliphatic carbocycles. The maximum Gasteiger partial charge on any atom is 0.222 e. The van der Waals surface area contributed by atoms with Crippen LogP contribution in [-0.4, -0.2) is 40.1 Å². The van der Waals surface area contributed by atoms with Gasteiger partial charge in [-0.1, -0.05) is 25.1 Å². The van der Waals surface area contributed by atoms with Crippen molar-refractivity contribution in [2.45, 2.75) is 31.7 Å². The van der Waals surface area contributed by atoms with Crippen molar-refractivity contribution in [2.24, 2.45) is 0 Å². The van der Waals surface area contributed by atoms with E-state index in [9.17, 15) is 9.90 Å². The summed E-state index contributed by atoms with van der Waals surface area (Å²) in [6, 6.07) is 6.48. The van der Waals surface area contributed by atoms with Crippen LogP contribution in [0, 0.1) is 0 Å². The largest absolute Gasteiger partial charge is 0.392 e. The minimum Gasteiger partial charge on any atom is -0.392 e. The first-order valence-electron chi connectivity index (χ1n) is 7.91. The number of benzene rings is 1. The molecule has 0 fully saturated rings. The Morgan fingerprint density at radius 1 is 1.45 bits per heavy atom. The first kappa shape index (κ1) is 13.6. The van der Waals surface area contributed by atoms with Crippen molar-refractivity contribution < 1.29 is 9.90 Å². The summed E-state index contributed by atoms with van der Waals surface area (Å²) in [6.45, 7) is 2.48. The van der Waals surface area contributed by atoms with Gasteiger partial charge in [0, 0.05) is 42.0 Å². The molecule has 4 nitrogen and oxygen atoms in total. The van der Waals surface area contributed by atoms with Crippen molar-refractivity contribution in [1.82, 2.24) is 9.88 Å². The molecule has 1 amide bonds. The predicted octanol–water partition coefficient (Wildman–Crippen LogP) is 2.35. The second-order valence-electron chi connectivity index (χ2n) is 6.24. The van der Waals surface area contributed by atoms with Crippen molar-refractivity contribution in [2.75, 3.05) is 13.2 Å². The standard InChI is InChI=1S/C18H20N2O2/c1-2-17(22)20-9-11(10-21)6-14-13-4-3-5-15-18(13)12(8-19-15)7-16(14)20/h3-6,8,14,16,19,21H,2,7,9-10H2,1H3/t14-,16-/m1/s1. The molecule has 22 heavy (non-hydrogen) atoms. The van der Waals surface area contributed by atoms with Crippen LogP contribution < -0.4 is 0 Å². The predicted molar refractivity (Wildman–Crippen MR) is 85.7 cm³/mol. The molecule has 4 rings (SSSR count). The molecule has 0 bridgehead atoms. The number of fused-ring (bicyclic) bond motifs is 2. The minimum absolute atomic E-state index is 0.0205. The number of amides is 1. The zero-order chi connectivity index (χ0) is 15.3. The van der Waals surface area contributed by atoms with Gasteiger partial charge in [0.25, 0.3) is 0 Å².